The highest BCUT2D eigenvalue weighted by Crippen LogP contribution is 2.19. The van der Waals surface area contributed by atoms with Gasteiger partial charge in [0.1, 0.15) is 0 Å². The van der Waals surface area contributed by atoms with Crippen molar-refractivity contribution < 1.29 is 14.6 Å². The number of carboxylic acid groups (broad SMARTS) is 1. The van der Waals surface area contributed by atoms with Crippen LogP contribution in [0.5, 0.6) is 0 Å². The molecule has 0 bridgehead atoms. The summed E-state index contributed by atoms with van der Waals surface area (Å²) >= 11 is 0. The molecule has 0 saturated carbocycles. The summed E-state index contributed by atoms with van der Waals surface area (Å²) in [6, 6.07) is 0. The fraction of sp³-hybridized carbons (Fsp3) is 0.833. The van der Waals surface area contributed by atoms with Gasteiger partial charge in [0.05, 0.1) is 0 Å². The standard InChI is InChI=1S/C6H10O3/c1-4-2-3-9-5(4)6(7)8/h4-5H,2-3H2,1H3,(H,7,8)/t4-,5+/m1/s1. The Balaban J connectivity index is 2.49. The Morgan fingerprint density at radius 2 is 2.44 bits per heavy atom. The van der Waals surface area contributed by atoms with E-state index in [4.69, 9.17) is 9.84 Å². The molecule has 1 aliphatic rings. The van der Waals surface area contributed by atoms with E-state index in [9.17, 15) is 4.79 Å². The van der Waals surface area contributed by atoms with Gasteiger partial charge in [-0.15, -0.1) is 0 Å². The van der Waals surface area contributed by atoms with Crippen LogP contribution in [0.15, 0.2) is 0 Å². The molecule has 52 valence electrons. The van der Waals surface area contributed by atoms with E-state index in [1.54, 1.807) is 0 Å². The summed E-state index contributed by atoms with van der Waals surface area (Å²) in [7, 11) is 0. The maximum absolute atomic E-state index is 10.3. The maximum Gasteiger partial charge on any atom is 0.333 e. The third-order valence-electron chi connectivity index (χ3n) is 1.63. The van der Waals surface area contributed by atoms with Gasteiger partial charge in [-0.1, -0.05) is 6.92 Å². The molecule has 3 nitrogen and oxygen atoms in total. The SMILES string of the molecule is C[C@@H]1CCO[C@@H]1C(=O)O. The lowest BCUT2D eigenvalue weighted by Gasteiger charge is -2.06. The average molecular weight is 130 g/mol. The highest BCUT2D eigenvalue weighted by atomic mass is 16.5. The topological polar surface area (TPSA) is 46.5 Å². The maximum atomic E-state index is 10.3. The van der Waals surface area contributed by atoms with Gasteiger partial charge in [-0.2, -0.15) is 0 Å². The molecule has 0 aromatic carbocycles. The minimum Gasteiger partial charge on any atom is -0.479 e. The highest BCUT2D eigenvalue weighted by molar-refractivity contribution is 5.72. The lowest BCUT2D eigenvalue weighted by Crippen LogP contribution is -2.24. The molecule has 0 aliphatic carbocycles. The van der Waals surface area contributed by atoms with Gasteiger partial charge in [-0.05, 0) is 12.3 Å². The molecule has 1 N–H and O–H groups in total. The predicted molar refractivity (Wildman–Crippen MR) is 31.2 cm³/mol. The van der Waals surface area contributed by atoms with Crippen LogP contribution >= 0.6 is 0 Å². The molecule has 0 aromatic rings. The summed E-state index contributed by atoms with van der Waals surface area (Å²) in [5.41, 5.74) is 0. The zero-order chi connectivity index (χ0) is 6.85. The number of hydrogen-bond donors (Lipinski definition) is 1. The second kappa shape index (κ2) is 2.35. The van der Waals surface area contributed by atoms with Crippen molar-refractivity contribution in [2.45, 2.75) is 19.4 Å². The van der Waals surface area contributed by atoms with Crippen molar-refractivity contribution >= 4 is 5.97 Å². The summed E-state index contributed by atoms with van der Waals surface area (Å²) in [6.45, 7) is 2.49. The molecule has 3 heteroatoms. The number of rotatable bonds is 1. The minimum absolute atomic E-state index is 0.183. The average Bonchev–Trinajstić information content (AvgIpc) is 2.13. The van der Waals surface area contributed by atoms with Crippen molar-refractivity contribution in [3.05, 3.63) is 0 Å². The molecule has 1 heterocycles. The Morgan fingerprint density at radius 3 is 2.67 bits per heavy atom. The lowest BCUT2D eigenvalue weighted by molar-refractivity contribution is -0.148. The molecule has 0 amide bonds. The van der Waals surface area contributed by atoms with Crippen LogP contribution in [0.2, 0.25) is 0 Å². The van der Waals surface area contributed by atoms with E-state index in [0.29, 0.717) is 6.61 Å². The van der Waals surface area contributed by atoms with E-state index < -0.39 is 12.1 Å². The van der Waals surface area contributed by atoms with Gasteiger partial charge in [0, 0.05) is 6.61 Å². The Bertz CT molecular complexity index is 121. The van der Waals surface area contributed by atoms with E-state index in [0.717, 1.165) is 6.42 Å². The van der Waals surface area contributed by atoms with Crippen LogP contribution in [0, 0.1) is 5.92 Å². The van der Waals surface area contributed by atoms with Crippen molar-refractivity contribution in [2.75, 3.05) is 6.61 Å². The first-order valence-corrected chi connectivity index (χ1v) is 3.06. The van der Waals surface area contributed by atoms with E-state index in [1.807, 2.05) is 6.92 Å². The van der Waals surface area contributed by atoms with Gasteiger partial charge >= 0.3 is 5.97 Å². The highest BCUT2D eigenvalue weighted by Gasteiger charge is 2.30. The van der Waals surface area contributed by atoms with E-state index in [2.05, 4.69) is 0 Å². The number of ether oxygens (including phenoxy) is 1. The van der Waals surface area contributed by atoms with Crippen LogP contribution in [0.4, 0.5) is 0 Å². The van der Waals surface area contributed by atoms with Crippen molar-refractivity contribution in [2.24, 2.45) is 5.92 Å². The number of carboxylic acids is 1. The smallest absolute Gasteiger partial charge is 0.333 e. The zero-order valence-corrected chi connectivity index (χ0v) is 5.33. The largest absolute Gasteiger partial charge is 0.479 e. The molecule has 0 aromatic heterocycles. The normalized spacial score (nSPS) is 34.8. The van der Waals surface area contributed by atoms with Crippen molar-refractivity contribution in [1.82, 2.24) is 0 Å². The number of aliphatic carboxylic acids is 1. The summed E-state index contributed by atoms with van der Waals surface area (Å²) < 4.78 is 4.93. The molecule has 2 atom stereocenters. The first-order valence-electron chi connectivity index (χ1n) is 3.06. The van der Waals surface area contributed by atoms with Crippen LogP contribution in [0.25, 0.3) is 0 Å². The first-order chi connectivity index (χ1) is 4.22. The van der Waals surface area contributed by atoms with Crippen LogP contribution in [0.3, 0.4) is 0 Å². The molecule has 0 unspecified atom stereocenters. The van der Waals surface area contributed by atoms with Crippen molar-refractivity contribution in [3.8, 4) is 0 Å². The van der Waals surface area contributed by atoms with E-state index in [1.165, 1.54) is 0 Å². The summed E-state index contributed by atoms with van der Waals surface area (Å²) in [6.07, 6.45) is 0.321. The second-order valence-electron chi connectivity index (χ2n) is 2.40. The first kappa shape index (κ1) is 6.55. The van der Waals surface area contributed by atoms with Crippen LogP contribution in [-0.4, -0.2) is 23.8 Å². The number of carbonyl (C=O) groups is 1. The van der Waals surface area contributed by atoms with Crippen molar-refractivity contribution in [3.63, 3.8) is 0 Å². The zero-order valence-electron chi connectivity index (χ0n) is 5.33. The predicted octanol–water partition coefficient (Wildman–Crippen LogP) is 0.496. The van der Waals surface area contributed by atoms with Gasteiger partial charge in [-0.3, -0.25) is 0 Å². The van der Waals surface area contributed by atoms with E-state index >= 15 is 0 Å². The van der Waals surface area contributed by atoms with E-state index in [-0.39, 0.29) is 5.92 Å². The van der Waals surface area contributed by atoms with Gasteiger partial charge in [0.25, 0.3) is 0 Å². The van der Waals surface area contributed by atoms with Crippen molar-refractivity contribution in [1.29, 1.82) is 0 Å². The second-order valence-corrected chi connectivity index (χ2v) is 2.40. The Labute approximate surface area is 53.6 Å². The number of hydrogen-bond acceptors (Lipinski definition) is 2. The third-order valence-corrected chi connectivity index (χ3v) is 1.63. The minimum atomic E-state index is -0.833. The molecule has 1 saturated heterocycles. The van der Waals surface area contributed by atoms with Crippen LogP contribution in [0.1, 0.15) is 13.3 Å². The fourth-order valence-electron chi connectivity index (χ4n) is 1.01. The Morgan fingerprint density at radius 1 is 1.78 bits per heavy atom. The quantitative estimate of drug-likeness (QED) is 0.562. The van der Waals surface area contributed by atoms with Gasteiger partial charge in [0.15, 0.2) is 6.10 Å². The third kappa shape index (κ3) is 1.21. The fourth-order valence-corrected chi connectivity index (χ4v) is 1.01. The lowest BCUT2D eigenvalue weighted by atomic mass is 10.1. The molecule has 9 heavy (non-hydrogen) atoms. The van der Waals surface area contributed by atoms with Crippen LogP contribution in [-0.2, 0) is 9.53 Å². The van der Waals surface area contributed by atoms with Gasteiger partial charge in [-0.25, -0.2) is 4.79 Å². The Kier molecular flexibility index (Phi) is 1.71. The summed E-state index contributed by atoms with van der Waals surface area (Å²) in [5.74, 6) is -0.650. The molecular weight excluding hydrogens is 120 g/mol. The molecule has 0 spiro atoms. The summed E-state index contributed by atoms with van der Waals surface area (Å²) in [5, 5.41) is 8.46. The monoisotopic (exact) mass is 130 g/mol. The van der Waals surface area contributed by atoms with Crippen LogP contribution < -0.4 is 0 Å². The molecular formula is C6H10O3. The van der Waals surface area contributed by atoms with Gasteiger partial charge in [0.2, 0.25) is 0 Å². The van der Waals surface area contributed by atoms with Gasteiger partial charge < -0.3 is 9.84 Å². The molecule has 1 aliphatic heterocycles. The Hall–Kier alpha value is -0.570. The molecule has 1 fully saturated rings. The molecule has 1 rings (SSSR count). The molecule has 0 radical (unpaired) electrons. The summed E-state index contributed by atoms with van der Waals surface area (Å²) in [4.78, 5) is 10.3.